The van der Waals surface area contributed by atoms with Crippen LogP contribution in [0.3, 0.4) is 0 Å². The molecule has 1 aliphatic rings. The lowest BCUT2D eigenvalue weighted by Gasteiger charge is -2.13. The molecule has 3 heteroatoms. The largest absolute Gasteiger partial charge is 0.140 e. The molecule has 0 radical (unpaired) electrons. The van der Waals surface area contributed by atoms with Crippen molar-refractivity contribution in [2.75, 3.05) is 0 Å². The SMILES string of the molecule is C=C1CC=Cc2c1ccc1sc(C/C=C/C)cc21.CCCCCCCCc1cccc(-c2cc3c(ccc4c3ccc3c5ccc6sc(-c7cccc(CCCCCCCC)c7)cc6c5ccc43)s2)c1. The van der Waals surface area contributed by atoms with Crippen LogP contribution in [0.5, 0.6) is 0 Å². The number of benzene rings is 7. The highest BCUT2D eigenvalue weighted by atomic mass is 32.1. The Morgan fingerprint density at radius 2 is 0.943 bits per heavy atom. The van der Waals surface area contributed by atoms with E-state index in [1.807, 2.05) is 34.0 Å². The molecule has 354 valence electrons. The molecular weight excluding hydrogens is 901 g/mol. The van der Waals surface area contributed by atoms with E-state index >= 15 is 0 Å². The van der Waals surface area contributed by atoms with Crippen LogP contribution in [0.15, 0.2) is 152 Å². The molecule has 3 aromatic heterocycles. The zero-order valence-corrected chi connectivity index (χ0v) is 44.1. The maximum atomic E-state index is 4.16. The molecule has 10 aromatic rings. The molecule has 0 saturated heterocycles. The van der Waals surface area contributed by atoms with Gasteiger partial charge in [-0.15, -0.1) is 34.0 Å². The molecule has 7 aromatic carbocycles. The van der Waals surface area contributed by atoms with Crippen molar-refractivity contribution in [3.8, 4) is 20.9 Å². The van der Waals surface area contributed by atoms with Crippen LogP contribution < -0.4 is 0 Å². The number of aryl methyl sites for hydroxylation is 2. The number of rotatable bonds is 18. The molecule has 0 saturated carbocycles. The number of unbranched alkanes of at least 4 members (excludes halogenated alkanes) is 10. The second-order valence-electron chi connectivity index (χ2n) is 19.7. The van der Waals surface area contributed by atoms with Crippen molar-refractivity contribution >= 4 is 108 Å². The molecule has 0 aliphatic heterocycles. The Hall–Kier alpha value is -5.58. The Balaban J connectivity index is 0.000000263. The van der Waals surface area contributed by atoms with Crippen molar-refractivity contribution in [3.05, 3.63) is 179 Å². The van der Waals surface area contributed by atoms with E-state index in [1.165, 1.54) is 206 Å². The van der Waals surface area contributed by atoms with E-state index in [0.717, 1.165) is 12.8 Å². The molecule has 70 heavy (non-hydrogen) atoms. The standard InChI is InChI=1S/C50H52S2.C17H16S/c1-3-5-7-9-11-13-17-35-19-15-21-37(31-35)49-33-45-43-25-23-40-39(41(43)27-29-47(45)51-49)24-26-44-42(40)28-30-48-46(44)34-50(52-48)38-22-16-20-36(32-38)18-14-12-10-8-6-4-2;1-3-4-7-13-11-16-15-8-5-6-12(2)14(15)9-10-17(16)18-13/h15-16,19-34H,3-14,17-18H2,1-2H3;3-5,8-11H,2,6-7H2,1H3/b;4-3+. The molecule has 3 heterocycles. The first-order valence-corrected chi connectivity index (χ1v) is 28.9. The number of thiophene rings is 3. The summed E-state index contributed by atoms with van der Waals surface area (Å²) in [5, 5.41) is 12.2. The first kappa shape index (κ1) is 48.1. The van der Waals surface area contributed by atoms with E-state index in [9.17, 15) is 0 Å². The topological polar surface area (TPSA) is 0 Å². The summed E-state index contributed by atoms with van der Waals surface area (Å²) in [6.07, 6.45) is 29.3. The third-order valence-corrected chi connectivity index (χ3v) is 18.0. The Kier molecular flexibility index (Phi) is 15.6. The molecule has 0 unspecified atom stereocenters. The fourth-order valence-corrected chi connectivity index (χ4v) is 14.0. The van der Waals surface area contributed by atoms with Gasteiger partial charge in [0.15, 0.2) is 0 Å². The summed E-state index contributed by atoms with van der Waals surface area (Å²) in [6, 6.07) is 49.2. The van der Waals surface area contributed by atoms with E-state index in [4.69, 9.17) is 0 Å². The van der Waals surface area contributed by atoms with Crippen molar-refractivity contribution < 1.29 is 0 Å². The predicted molar refractivity (Wildman–Crippen MR) is 318 cm³/mol. The third kappa shape index (κ3) is 10.5. The first-order chi connectivity index (χ1) is 34.5. The second-order valence-corrected chi connectivity index (χ2v) is 23.0. The average molecular weight is 969 g/mol. The van der Waals surface area contributed by atoms with Gasteiger partial charge in [0.05, 0.1) is 0 Å². The molecule has 0 amide bonds. The van der Waals surface area contributed by atoms with Crippen molar-refractivity contribution in [1.29, 1.82) is 0 Å². The van der Waals surface area contributed by atoms with Gasteiger partial charge in [-0.05, 0) is 153 Å². The Morgan fingerprint density at radius 3 is 1.47 bits per heavy atom. The molecule has 0 fully saturated rings. The van der Waals surface area contributed by atoms with Crippen LogP contribution in [0.25, 0.3) is 95.1 Å². The van der Waals surface area contributed by atoms with Gasteiger partial charge in [0.2, 0.25) is 0 Å². The van der Waals surface area contributed by atoms with Gasteiger partial charge in [-0.2, -0.15) is 0 Å². The summed E-state index contributed by atoms with van der Waals surface area (Å²) in [7, 11) is 0. The van der Waals surface area contributed by atoms with Gasteiger partial charge >= 0.3 is 0 Å². The second kappa shape index (κ2) is 22.7. The molecule has 1 aliphatic carbocycles. The smallest absolute Gasteiger partial charge is 0.0355 e. The van der Waals surface area contributed by atoms with Crippen LogP contribution in [-0.2, 0) is 19.3 Å². The van der Waals surface area contributed by atoms with E-state index in [0.29, 0.717) is 0 Å². The van der Waals surface area contributed by atoms with Crippen LogP contribution >= 0.6 is 34.0 Å². The molecule has 0 bridgehead atoms. The zero-order chi connectivity index (χ0) is 47.8. The number of fused-ring (bicyclic) bond motifs is 12. The minimum atomic E-state index is 0.980. The maximum absolute atomic E-state index is 4.16. The van der Waals surface area contributed by atoms with Crippen molar-refractivity contribution in [1.82, 2.24) is 0 Å². The minimum Gasteiger partial charge on any atom is -0.140 e. The highest BCUT2D eigenvalue weighted by Crippen LogP contribution is 2.44. The number of allylic oxidation sites excluding steroid dienone is 4. The van der Waals surface area contributed by atoms with Crippen molar-refractivity contribution in [3.63, 3.8) is 0 Å². The van der Waals surface area contributed by atoms with Gasteiger partial charge in [-0.3, -0.25) is 0 Å². The number of hydrogen-bond acceptors (Lipinski definition) is 3. The van der Waals surface area contributed by atoms with E-state index in [-0.39, 0.29) is 0 Å². The van der Waals surface area contributed by atoms with Gasteiger partial charge in [0, 0.05) is 44.9 Å². The summed E-state index contributed by atoms with van der Waals surface area (Å²) in [6.45, 7) is 10.8. The van der Waals surface area contributed by atoms with Crippen molar-refractivity contribution in [2.45, 2.75) is 124 Å². The van der Waals surface area contributed by atoms with Crippen LogP contribution in [0.2, 0.25) is 0 Å². The average Bonchev–Trinajstić information content (AvgIpc) is 4.16. The molecular formula is C67H68S3. The summed E-state index contributed by atoms with van der Waals surface area (Å²) in [5.41, 5.74) is 9.55. The highest BCUT2D eigenvalue weighted by Gasteiger charge is 2.16. The molecule has 0 N–H and O–H groups in total. The van der Waals surface area contributed by atoms with Gasteiger partial charge in [0.25, 0.3) is 0 Å². The summed E-state index contributed by atoms with van der Waals surface area (Å²) < 4.78 is 4.12. The zero-order valence-electron chi connectivity index (χ0n) is 41.7. The lowest BCUT2D eigenvalue weighted by molar-refractivity contribution is 0.607. The van der Waals surface area contributed by atoms with E-state index in [2.05, 4.69) is 179 Å². The summed E-state index contributed by atoms with van der Waals surface area (Å²) >= 11 is 5.76. The maximum Gasteiger partial charge on any atom is 0.0355 e. The van der Waals surface area contributed by atoms with E-state index in [1.54, 1.807) is 0 Å². The van der Waals surface area contributed by atoms with Gasteiger partial charge < -0.3 is 0 Å². The quantitative estimate of drug-likeness (QED) is 0.0457. The molecule has 11 rings (SSSR count). The lowest BCUT2D eigenvalue weighted by atomic mass is 9.91. The van der Waals surface area contributed by atoms with Crippen LogP contribution in [-0.4, -0.2) is 0 Å². The van der Waals surface area contributed by atoms with Crippen LogP contribution in [0, 0.1) is 0 Å². The van der Waals surface area contributed by atoms with Crippen LogP contribution in [0.4, 0.5) is 0 Å². The Labute approximate surface area is 429 Å². The summed E-state index contributed by atoms with van der Waals surface area (Å²) in [5.74, 6) is 0. The molecule has 0 nitrogen and oxygen atoms in total. The van der Waals surface area contributed by atoms with E-state index < -0.39 is 0 Å². The van der Waals surface area contributed by atoms with Gasteiger partial charge in [-0.1, -0.05) is 200 Å². The normalized spacial score (nSPS) is 12.6. The Bertz CT molecular complexity index is 3330. The lowest BCUT2D eigenvalue weighted by Crippen LogP contribution is -1.91. The van der Waals surface area contributed by atoms with Gasteiger partial charge in [-0.25, -0.2) is 0 Å². The minimum absolute atomic E-state index is 0.980. The van der Waals surface area contributed by atoms with Crippen LogP contribution in [0.1, 0.15) is 131 Å². The summed E-state index contributed by atoms with van der Waals surface area (Å²) in [4.78, 5) is 4.17. The predicted octanol–water partition coefficient (Wildman–Crippen LogP) is 22.2. The molecule has 0 spiro atoms. The number of hydrogen-bond donors (Lipinski definition) is 0. The fourth-order valence-electron chi connectivity index (χ4n) is 10.8. The monoisotopic (exact) mass is 968 g/mol. The third-order valence-electron chi connectivity index (χ3n) is 14.6. The highest BCUT2D eigenvalue weighted by molar-refractivity contribution is 7.22. The van der Waals surface area contributed by atoms with Gasteiger partial charge in [0.1, 0.15) is 0 Å². The first-order valence-electron chi connectivity index (χ1n) is 26.4. The van der Waals surface area contributed by atoms with Crippen molar-refractivity contribution in [2.24, 2.45) is 0 Å². The molecule has 0 atom stereocenters. The fraction of sp³-hybridized carbons (Fsp3) is 0.284. The Morgan fingerprint density at radius 1 is 0.471 bits per heavy atom.